The van der Waals surface area contributed by atoms with E-state index in [0.29, 0.717) is 26.1 Å². The molecule has 0 saturated heterocycles. The lowest BCUT2D eigenvalue weighted by atomic mass is 10.0. The van der Waals surface area contributed by atoms with Gasteiger partial charge < -0.3 is 18.4 Å². The van der Waals surface area contributed by atoms with Gasteiger partial charge in [-0.15, -0.1) is 0 Å². The van der Waals surface area contributed by atoms with Gasteiger partial charge in [-0.25, -0.2) is 0 Å². The normalized spacial score (nSPS) is 11.7. The van der Waals surface area contributed by atoms with E-state index in [4.69, 9.17) is 9.47 Å². The van der Waals surface area contributed by atoms with Gasteiger partial charge in [0.25, 0.3) is 0 Å². The maximum atomic E-state index is 11.9. The van der Waals surface area contributed by atoms with E-state index in [1.54, 1.807) is 0 Å². The summed E-state index contributed by atoms with van der Waals surface area (Å²) in [5, 5.41) is 0. The van der Waals surface area contributed by atoms with Gasteiger partial charge in [-0.1, -0.05) is 142 Å². The lowest BCUT2D eigenvalue weighted by molar-refractivity contribution is -0.923. The molecular formula is C44H92N2O4+2. The zero-order chi connectivity index (χ0) is 37.6. The van der Waals surface area contributed by atoms with Crippen LogP contribution in [0.1, 0.15) is 209 Å². The lowest BCUT2D eigenvalue weighted by Gasteiger charge is -2.35. The maximum Gasteiger partial charge on any atom is 0.305 e. The molecule has 0 aromatic rings. The van der Waals surface area contributed by atoms with Gasteiger partial charge in [0, 0.05) is 12.8 Å². The standard InChI is InChI=1S/C24H50NO2.C20H42NO2/c1-5-9-10-11-12-13-14-15-16-17-18-19-20-21-24(26)27-23-22-25(6-2,7-3)8-4;1-5-9-10-11-12-13-14-15-16-17-20(22)23-19-18-21(6-2,7-3)8-4/h5-23H2,1-4H3;5-19H2,1-4H3/q2*+1. The van der Waals surface area contributed by atoms with Crippen LogP contribution in [0.5, 0.6) is 0 Å². The first-order chi connectivity index (χ1) is 24.3. The van der Waals surface area contributed by atoms with Crippen LogP contribution in [-0.2, 0) is 19.1 Å². The number of likely N-dealkylation sites (N-methyl/N-ethyl adjacent to an activating group) is 2. The Kier molecular flexibility index (Phi) is 38.3. The molecule has 6 nitrogen and oxygen atoms in total. The fraction of sp³-hybridized carbons (Fsp3) is 0.955. The summed E-state index contributed by atoms with van der Waals surface area (Å²) in [5.41, 5.74) is 0. The second kappa shape index (κ2) is 37.6. The number of carbonyl (C=O) groups excluding carboxylic acids is 2. The Bertz CT molecular complexity index is 704. The van der Waals surface area contributed by atoms with Crippen LogP contribution in [0.25, 0.3) is 0 Å². The molecule has 0 aliphatic rings. The van der Waals surface area contributed by atoms with E-state index < -0.39 is 0 Å². The molecule has 0 aromatic carbocycles. The molecule has 0 heterocycles. The number of unbranched alkanes of at least 4 members (excludes halogenated alkanes) is 20. The summed E-state index contributed by atoms with van der Waals surface area (Å²) in [6, 6.07) is 0. The van der Waals surface area contributed by atoms with Crippen molar-refractivity contribution in [1.29, 1.82) is 0 Å². The number of ether oxygens (including phenoxy) is 2. The average Bonchev–Trinajstić information content (AvgIpc) is 3.14. The van der Waals surface area contributed by atoms with Crippen LogP contribution in [0.3, 0.4) is 0 Å². The van der Waals surface area contributed by atoms with Crippen LogP contribution in [0.2, 0.25) is 0 Å². The second-order valence-electron chi connectivity index (χ2n) is 15.0. The molecule has 0 amide bonds. The number of hydrogen-bond donors (Lipinski definition) is 0. The molecule has 0 spiro atoms. The lowest BCUT2D eigenvalue weighted by Crippen LogP contribution is -2.49. The summed E-state index contributed by atoms with van der Waals surface area (Å²) in [4.78, 5) is 23.6. The number of carbonyl (C=O) groups is 2. The minimum atomic E-state index is -0.00523. The first-order valence-corrected chi connectivity index (χ1v) is 22.3. The van der Waals surface area contributed by atoms with E-state index in [1.807, 2.05) is 0 Å². The minimum Gasteiger partial charge on any atom is -0.460 e. The first kappa shape index (κ1) is 51.0. The molecular weight excluding hydrogens is 620 g/mol. The van der Waals surface area contributed by atoms with Crippen LogP contribution in [0.4, 0.5) is 0 Å². The fourth-order valence-corrected chi connectivity index (χ4v) is 7.01. The van der Waals surface area contributed by atoms with E-state index in [0.717, 1.165) is 74.2 Å². The molecule has 0 fully saturated rings. The SMILES string of the molecule is CCCCCCCCCCCC(=O)OCC[N+](CC)(CC)CC.CCCCCCCCCCCCCCCC(=O)OCC[N+](CC)(CC)CC. The fourth-order valence-electron chi connectivity index (χ4n) is 7.01. The summed E-state index contributed by atoms with van der Waals surface area (Å²) in [6.45, 7) is 27.6. The number of hydrogen-bond acceptors (Lipinski definition) is 4. The largest absolute Gasteiger partial charge is 0.460 e. The monoisotopic (exact) mass is 713 g/mol. The van der Waals surface area contributed by atoms with Gasteiger partial charge in [0.05, 0.1) is 39.3 Å². The van der Waals surface area contributed by atoms with Crippen LogP contribution in [0, 0.1) is 0 Å². The number of rotatable bonds is 36. The Hall–Kier alpha value is -1.14. The third kappa shape index (κ3) is 30.5. The smallest absolute Gasteiger partial charge is 0.305 e. The third-order valence-corrected chi connectivity index (χ3v) is 11.7. The molecule has 0 radical (unpaired) electrons. The van der Waals surface area contributed by atoms with Crippen molar-refractivity contribution in [1.82, 2.24) is 0 Å². The molecule has 50 heavy (non-hydrogen) atoms. The van der Waals surface area contributed by atoms with Crippen molar-refractivity contribution in [2.24, 2.45) is 0 Å². The Labute approximate surface area is 314 Å². The Morgan fingerprint density at radius 3 is 0.780 bits per heavy atom. The summed E-state index contributed by atoms with van der Waals surface area (Å²) in [6.07, 6.45) is 30.1. The Morgan fingerprint density at radius 1 is 0.340 bits per heavy atom. The van der Waals surface area contributed by atoms with Crippen molar-refractivity contribution in [3.8, 4) is 0 Å². The third-order valence-electron chi connectivity index (χ3n) is 11.7. The van der Waals surface area contributed by atoms with Crippen molar-refractivity contribution in [3.05, 3.63) is 0 Å². The zero-order valence-corrected chi connectivity index (χ0v) is 35.6. The molecule has 300 valence electrons. The quantitative estimate of drug-likeness (QED) is 0.0369. The highest BCUT2D eigenvalue weighted by molar-refractivity contribution is 5.69. The second-order valence-corrected chi connectivity index (χ2v) is 15.0. The van der Waals surface area contributed by atoms with Gasteiger partial charge in [0.1, 0.15) is 26.3 Å². The predicted octanol–water partition coefficient (Wildman–Crippen LogP) is 12.2. The number of nitrogens with zero attached hydrogens (tertiary/aromatic N) is 2. The highest BCUT2D eigenvalue weighted by atomic mass is 16.5. The molecule has 0 bridgehead atoms. The van der Waals surface area contributed by atoms with E-state index in [-0.39, 0.29) is 11.9 Å². The van der Waals surface area contributed by atoms with Crippen molar-refractivity contribution in [3.63, 3.8) is 0 Å². The van der Waals surface area contributed by atoms with Crippen LogP contribution in [0.15, 0.2) is 0 Å². The van der Waals surface area contributed by atoms with Crippen LogP contribution >= 0.6 is 0 Å². The highest BCUT2D eigenvalue weighted by Crippen LogP contribution is 2.14. The molecule has 0 aromatic heterocycles. The topological polar surface area (TPSA) is 52.6 Å². The maximum absolute atomic E-state index is 11.9. The zero-order valence-electron chi connectivity index (χ0n) is 35.6. The van der Waals surface area contributed by atoms with Crippen LogP contribution in [-0.4, -0.2) is 86.5 Å². The van der Waals surface area contributed by atoms with Gasteiger partial charge in [0.15, 0.2) is 0 Å². The summed E-state index contributed by atoms with van der Waals surface area (Å²) in [7, 11) is 0. The van der Waals surface area contributed by atoms with Gasteiger partial charge in [-0.3, -0.25) is 9.59 Å². The number of quaternary nitrogens is 2. The highest BCUT2D eigenvalue weighted by Gasteiger charge is 2.21. The molecule has 0 unspecified atom stereocenters. The van der Waals surface area contributed by atoms with Crippen molar-refractivity contribution < 1.29 is 28.0 Å². The molecule has 0 aliphatic carbocycles. The molecule has 0 N–H and O–H groups in total. The van der Waals surface area contributed by atoms with Crippen molar-refractivity contribution in [2.75, 3.05) is 65.6 Å². The van der Waals surface area contributed by atoms with E-state index in [9.17, 15) is 9.59 Å². The Morgan fingerprint density at radius 2 is 0.560 bits per heavy atom. The molecule has 0 rings (SSSR count). The van der Waals surface area contributed by atoms with Gasteiger partial charge >= 0.3 is 11.9 Å². The summed E-state index contributed by atoms with van der Waals surface area (Å²) < 4.78 is 13.0. The number of esters is 2. The first-order valence-electron chi connectivity index (χ1n) is 22.3. The summed E-state index contributed by atoms with van der Waals surface area (Å²) in [5.74, 6) is -0.00571. The van der Waals surface area contributed by atoms with E-state index in [2.05, 4.69) is 55.4 Å². The van der Waals surface area contributed by atoms with Crippen molar-refractivity contribution in [2.45, 2.75) is 209 Å². The van der Waals surface area contributed by atoms with Crippen LogP contribution < -0.4 is 0 Å². The predicted molar refractivity (Wildman–Crippen MR) is 218 cm³/mol. The molecule has 6 heteroatoms. The van der Waals surface area contributed by atoms with Gasteiger partial charge in [-0.05, 0) is 54.4 Å². The van der Waals surface area contributed by atoms with Crippen molar-refractivity contribution >= 4 is 11.9 Å². The van der Waals surface area contributed by atoms with Gasteiger partial charge in [-0.2, -0.15) is 0 Å². The molecule has 0 atom stereocenters. The molecule has 0 aliphatic heterocycles. The van der Waals surface area contributed by atoms with E-state index >= 15 is 0 Å². The Balaban J connectivity index is 0. The van der Waals surface area contributed by atoms with E-state index in [1.165, 1.54) is 128 Å². The minimum absolute atomic E-state index is 0.000479. The molecule has 0 saturated carbocycles. The summed E-state index contributed by atoms with van der Waals surface area (Å²) >= 11 is 0. The van der Waals surface area contributed by atoms with Gasteiger partial charge in [0.2, 0.25) is 0 Å². The average molecular weight is 713 g/mol.